The molecule has 0 nitrogen and oxygen atoms in total. The number of hydrogen-bond donors (Lipinski definition) is 0. The van der Waals surface area contributed by atoms with E-state index in [1.165, 1.54) is 14.8 Å². The molecule has 0 aliphatic carbocycles. The van der Waals surface area contributed by atoms with Crippen molar-refractivity contribution >= 4 is 31.4 Å². The first-order chi connectivity index (χ1) is 3.91. The van der Waals surface area contributed by atoms with Crippen LogP contribution >= 0.6 is 31.4 Å². The van der Waals surface area contributed by atoms with Crippen molar-refractivity contribution in [3.8, 4) is 5.92 Å². The van der Waals surface area contributed by atoms with Gasteiger partial charge < -0.3 is 12.3 Å². The summed E-state index contributed by atoms with van der Waals surface area (Å²) in [4.78, 5) is 0. The van der Waals surface area contributed by atoms with Gasteiger partial charge in [0, 0.05) is 5.88 Å². The van der Waals surface area contributed by atoms with Crippen molar-refractivity contribution in [3.63, 3.8) is 0 Å². The minimum absolute atomic E-state index is 0.645. The minimum atomic E-state index is 0.645. The molecule has 0 unspecified atom stereocenters. The molecule has 0 heterocycles. The van der Waals surface area contributed by atoms with Crippen LogP contribution in [-0.2, 0) is 14.8 Å². The van der Waals surface area contributed by atoms with Gasteiger partial charge in [0.15, 0.2) is 0 Å². The molecule has 0 aromatic heterocycles. The molecule has 0 spiro atoms. The Balaban J connectivity index is 0. The van der Waals surface area contributed by atoms with Crippen molar-refractivity contribution in [2.24, 2.45) is 0 Å². The van der Waals surface area contributed by atoms with Gasteiger partial charge in [0.2, 0.25) is 0 Å². The Morgan fingerprint density at radius 3 is 2.25 bits per heavy atom. The zero-order chi connectivity index (χ0) is 6.83. The van der Waals surface area contributed by atoms with Gasteiger partial charge in [-0.05, 0) is 12.8 Å². The molecule has 0 aromatic rings. The zero-order valence-electron chi connectivity index (χ0n) is 4.58. The molecule has 0 rings (SSSR count). The summed E-state index contributed by atoms with van der Waals surface area (Å²) in [7, 11) is 0. The van der Waals surface area contributed by atoms with Gasteiger partial charge in [0.05, 0.1) is 0 Å². The number of hydrogen-bond acceptors (Lipinski definition) is 0. The molecule has 3 heteroatoms. The summed E-state index contributed by atoms with van der Waals surface area (Å²) >= 11 is 8.88. The van der Waals surface area contributed by atoms with Crippen molar-refractivity contribution < 1.29 is 14.8 Å². The summed E-state index contributed by atoms with van der Waals surface area (Å²) in [5.41, 5.74) is 0. The molecule has 0 N–H and O–H groups in total. The van der Waals surface area contributed by atoms with Crippen LogP contribution in [0.15, 0.2) is 0 Å². The van der Waals surface area contributed by atoms with Crippen LogP contribution in [0.5, 0.6) is 0 Å². The average Bonchev–Trinajstić information content (AvgIpc) is 1.88. The Bertz CT molecular complexity index is 59.9. The Morgan fingerprint density at radius 2 is 2.12 bits per heavy atom. The van der Waals surface area contributed by atoms with E-state index in [0.717, 1.165) is 6.42 Å². The van der Waals surface area contributed by atoms with Crippen LogP contribution in [0.25, 0.3) is 0 Å². The molecule has 0 amide bonds. The summed E-state index contributed by atoms with van der Waals surface area (Å²) in [6.45, 7) is 0. The van der Waals surface area contributed by atoms with E-state index in [2.05, 4.69) is 25.7 Å². The van der Waals surface area contributed by atoms with Crippen LogP contribution in [-0.4, -0.2) is 5.88 Å². The molecule has 0 atom stereocenters. The van der Waals surface area contributed by atoms with Crippen LogP contribution in [0, 0.1) is 12.3 Å². The van der Waals surface area contributed by atoms with Crippen molar-refractivity contribution in [2.75, 3.05) is 5.88 Å². The SMILES string of the molecule is [C-]#CCCCCl.[Zn+][I]. The van der Waals surface area contributed by atoms with Gasteiger partial charge in [-0.15, -0.1) is 11.6 Å². The van der Waals surface area contributed by atoms with E-state index in [4.69, 9.17) is 18.0 Å². The molecule has 0 aromatic carbocycles. The normalized spacial score (nSPS) is 6.38. The third-order valence-electron chi connectivity index (χ3n) is 0.435. The van der Waals surface area contributed by atoms with Gasteiger partial charge in [-0.25, -0.2) is 0 Å². The van der Waals surface area contributed by atoms with Gasteiger partial charge in [-0.3, -0.25) is 0 Å². The fourth-order valence-electron chi connectivity index (χ4n) is 0.155. The van der Waals surface area contributed by atoms with E-state index in [-0.39, 0.29) is 0 Å². The summed E-state index contributed by atoms with van der Waals surface area (Å²) in [6, 6.07) is 0. The predicted molar refractivity (Wildman–Crippen MR) is 41.1 cm³/mol. The van der Waals surface area contributed by atoms with Crippen molar-refractivity contribution in [2.45, 2.75) is 12.8 Å². The topological polar surface area (TPSA) is 0 Å². The van der Waals surface area contributed by atoms with Gasteiger partial charge in [0.25, 0.3) is 0 Å². The Kier molecular flexibility index (Phi) is 23.5. The van der Waals surface area contributed by atoms with Gasteiger partial charge >= 0.3 is 34.5 Å². The monoisotopic (exact) mass is 292 g/mol. The maximum atomic E-state index is 6.40. The first kappa shape index (κ1) is 11.9. The second kappa shape index (κ2) is 15.7. The van der Waals surface area contributed by atoms with Crippen LogP contribution in [0.1, 0.15) is 12.8 Å². The Hall–Kier alpha value is 1.20. The molecule has 0 aliphatic heterocycles. The van der Waals surface area contributed by atoms with Crippen LogP contribution in [0.2, 0.25) is 0 Å². The third-order valence-corrected chi connectivity index (χ3v) is 0.703. The molecule has 0 fully saturated rings. The molecule has 0 bridgehead atoms. The quantitative estimate of drug-likeness (QED) is 0.183. The fourth-order valence-corrected chi connectivity index (χ4v) is 0.289. The standard InChI is InChI=1S/C5H6Cl.HI.Zn/c1-2-3-4-5-6;;/h3-5H2;1H;/q-1;;+2/p-1. The molecular formula is C5H6ClIZn. The van der Waals surface area contributed by atoms with Crippen molar-refractivity contribution in [3.05, 3.63) is 6.42 Å². The summed E-state index contributed by atoms with van der Waals surface area (Å²) < 4.78 is 0. The average molecular weight is 294 g/mol. The molecule has 0 radical (unpaired) electrons. The molecule has 0 saturated heterocycles. The van der Waals surface area contributed by atoms with E-state index >= 15 is 0 Å². The Morgan fingerprint density at radius 1 is 1.62 bits per heavy atom. The molecule has 0 saturated carbocycles. The van der Waals surface area contributed by atoms with Gasteiger partial charge in [-0.2, -0.15) is 0 Å². The second-order valence-electron chi connectivity index (χ2n) is 0.969. The number of rotatable bonds is 2. The predicted octanol–water partition coefficient (Wildman–Crippen LogP) is 2.48. The van der Waals surface area contributed by atoms with E-state index in [1.807, 2.05) is 0 Å². The van der Waals surface area contributed by atoms with Crippen LogP contribution in [0.3, 0.4) is 0 Å². The molecular weight excluding hydrogens is 288 g/mol. The third kappa shape index (κ3) is 15.7. The summed E-state index contributed by atoms with van der Waals surface area (Å²) in [5, 5.41) is 0. The summed E-state index contributed by atoms with van der Waals surface area (Å²) in [6.07, 6.45) is 7.98. The van der Waals surface area contributed by atoms with E-state index in [9.17, 15) is 0 Å². The first-order valence-electron chi connectivity index (χ1n) is 2.14. The van der Waals surface area contributed by atoms with Crippen molar-refractivity contribution in [1.82, 2.24) is 0 Å². The van der Waals surface area contributed by atoms with Crippen molar-refractivity contribution in [1.29, 1.82) is 0 Å². The van der Waals surface area contributed by atoms with E-state index < -0.39 is 0 Å². The fraction of sp³-hybridized carbons (Fsp3) is 0.600. The summed E-state index contributed by atoms with van der Waals surface area (Å²) in [5.74, 6) is 2.88. The maximum absolute atomic E-state index is 6.40. The number of alkyl halides is 1. The number of unbranched alkanes of at least 4 members (excludes halogenated alkanes) is 1. The first-order valence-corrected chi connectivity index (χ1v) is 11.7. The molecule has 0 aliphatic rings. The van der Waals surface area contributed by atoms with Gasteiger partial charge in [0.1, 0.15) is 0 Å². The van der Waals surface area contributed by atoms with E-state index in [1.54, 1.807) is 0 Å². The molecule has 8 heavy (non-hydrogen) atoms. The Labute approximate surface area is 76.6 Å². The molecule has 42 valence electrons. The van der Waals surface area contributed by atoms with Crippen LogP contribution in [0.4, 0.5) is 0 Å². The number of halogens is 2. The second-order valence-corrected chi connectivity index (χ2v) is 1.35. The zero-order valence-corrected chi connectivity index (χ0v) is 10.5. The van der Waals surface area contributed by atoms with Gasteiger partial charge in [-0.1, -0.05) is 0 Å². The van der Waals surface area contributed by atoms with E-state index in [0.29, 0.717) is 12.3 Å². The van der Waals surface area contributed by atoms with Crippen LogP contribution < -0.4 is 0 Å².